The van der Waals surface area contributed by atoms with Crippen molar-refractivity contribution in [3.05, 3.63) is 64.7 Å². The second kappa shape index (κ2) is 9.74. The molecule has 3 aliphatic heterocycles. The number of anilines is 1. The summed E-state index contributed by atoms with van der Waals surface area (Å²) in [7, 11) is 0. The summed E-state index contributed by atoms with van der Waals surface area (Å²) in [6.45, 7) is 4.11. The first-order valence-electron chi connectivity index (χ1n) is 12.7. The van der Waals surface area contributed by atoms with Crippen LogP contribution >= 0.6 is 11.6 Å². The number of para-hydroxylation sites is 1. The quantitative estimate of drug-likeness (QED) is 0.491. The molecule has 0 saturated carbocycles. The Labute approximate surface area is 221 Å². The Morgan fingerprint density at radius 1 is 1.14 bits per heavy atom. The fraction of sp³-hybridized carbons (Fsp3) is 0.464. The molecule has 3 fully saturated rings. The van der Waals surface area contributed by atoms with Crippen molar-refractivity contribution < 1.29 is 24.2 Å². The summed E-state index contributed by atoms with van der Waals surface area (Å²) in [5, 5.41) is 15.8. The lowest BCUT2D eigenvalue weighted by Gasteiger charge is -2.33. The van der Waals surface area contributed by atoms with Crippen molar-refractivity contribution >= 4 is 35.0 Å². The highest BCUT2D eigenvalue weighted by Gasteiger charge is 2.77. The van der Waals surface area contributed by atoms with Crippen LogP contribution in [0.3, 0.4) is 0 Å². The molecule has 9 heteroatoms. The van der Waals surface area contributed by atoms with Crippen LogP contribution in [0.5, 0.6) is 0 Å². The highest BCUT2D eigenvalue weighted by atomic mass is 35.5. The molecule has 3 saturated heterocycles. The first kappa shape index (κ1) is 25.7. The van der Waals surface area contributed by atoms with Gasteiger partial charge in [-0.15, -0.1) is 0 Å². The number of benzene rings is 2. The van der Waals surface area contributed by atoms with Gasteiger partial charge in [0.15, 0.2) is 0 Å². The minimum Gasteiger partial charge on any atom is -0.396 e. The number of nitrogens with zero attached hydrogens (tertiary/aromatic N) is 1. The van der Waals surface area contributed by atoms with Crippen LogP contribution < -0.4 is 10.6 Å². The standard InChI is InChI=1S/C28H32ClN3O5/c1-17-8-6-11-19(29)22(17)31-25(35)23-28-13-12-27(2,37-28)20(21(28)26(36)32(23)14-7-15-33)24(34)30-16-18-9-4-3-5-10-18/h3-6,8-11,20-21,23,33H,7,12-16H2,1-2H3,(H,30,34)(H,31,35)/t20-,21+,23?,27+,28?/m1/s1. The Hall–Kier alpha value is -2.94. The molecule has 3 aliphatic rings. The predicted octanol–water partition coefficient (Wildman–Crippen LogP) is 3.05. The molecular formula is C28H32ClN3O5. The van der Waals surface area contributed by atoms with Gasteiger partial charge in [-0.1, -0.05) is 54.1 Å². The molecule has 2 bridgehead atoms. The van der Waals surface area contributed by atoms with Gasteiger partial charge in [-0.3, -0.25) is 14.4 Å². The molecule has 1 spiro atoms. The van der Waals surface area contributed by atoms with Crippen LogP contribution in [0.25, 0.3) is 0 Å². The highest BCUT2D eigenvalue weighted by Crippen LogP contribution is 2.63. The SMILES string of the molecule is Cc1cccc(Cl)c1NC(=O)C1N(CCCO)C(=O)[C@@H]2[C@H](C(=O)NCc3ccccc3)[C@]3(C)CCC12O3. The monoisotopic (exact) mass is 525 g/mol. The molecule has 0 aromatic heterocycles. The smallest absolute Gasteiger partial charge is 0.250 e. The lowest BCUT2D eigenvalue weighted by molar-refractivity contribution is -0.144. The third-order valence-electron chi connectivity index (χ3n) is 8.14. The van der Waals surface area contributed by atoms with E-state index in [4.69, 9.17) is 16.3 Å². The Bertz CT molecular complexity index is 1200. The number of rotatable bonds is 8. The molecular weight excluding hydrogens is 494 g/mol. The number of hydrogen-bond acceptors (Lipinski definition) is 5. The summed E-state index contributed by atoms with van der Waals surface area (Å²) in [6, 6.07) is 14.0. The van der Waals surface area contributed by atoms with Gasteiger partial charge in [-0.2, -0.15) is 0 Å². The summed E-state index contributed by atoms with van der Waals surface area (Å²) < 4.78 is 6.59. The third-order valence-corrected chi connectivity index (χ3v) is 8.46. The number of carbonyl (C=O) groups excluding carboxylic acids is 3. The van der Waals surface area contributed by atoms with Gasteiger partial charge >= 0.3 is 0 Å². The van der Waals surface area contributed by atoms with E-state index in [1.165, 1.54) is 4.90 Å². The van der Waals surface area contributed by atoms with Crippen LogP contribution in [-0.2, 0) is 25.7 Å². The zero-order valence-electron chi connectivity index (χ0n) is 21.0. The number of likely N-dealkylation sites (tertiary alicyclic amines) is 1. The molecule has 2 aromatic rings. The Morgan fingerprint density at radius 3 is 2.59 bits per heavy atom. The fourth-order valence-corrected chi connectivity index (χ4v) is 6.75. The summed E-state index contributed by atoms with van der Waals surface area (Å²) in [4.78, 5) is 42.8. The van der Waals surface area contributed by atoms with Crippen LogP contribution in [0.4, 0.5) is 5.69 Å². The van der Waals surface area contributed by atoms with E-state index in [-0.39, 0.29) is 25.0 Å². The second-order valence-corrected chi connectivity index (χ2v) is 10.9. The average Bonchev–Trinajstić information content (AvgIpc) is 3.44. The summed E-state index contributed by atoms with van der Waals surface area (Å²) >= 11 is 6.38. The number of carbonyl (C=O) groups is 3. The lowest BCUT2D eigenvalue weighted by Crippen LogP contribution is -2.53. The van der Waals surface area contributed by atoms with E-state index in [0.29, 0.717) is 36.5 Å². The molecule has 2 aromatic carbocycles. The van der Waals surface area contributed by atoms with E-state index in [1.54, 1.807) is 12.1 Å². The van der Waals surface area contributed by atoms with E-state index < -0.39 is 35.0 Å². The minimum absolute atomic E-state index is 0.126. The molecule has 2 unspecified atom stereocenters. The number of ether oxygens (including phenoxy) is 1. The number of amides is 3. The maximum Gasteiger partial charge on any atom is 0.250 e. The fourth-order valence-electron chi connectivity index (χ4n) is 6.49. The van der Waals surface area contributed by atoms with E-state index in [9.17, 15) is 19.5 Å². The Morgan fingerprint density at radius 2 is 1.89 bits per heavy atom. The molecule has 37 heavy (non-hydrogen) atoms. The van der Waals surface area contributed by atoms with Gasteiger partial charge in [-0.05, 0) is 50.3 Å². The third kappa shape index (κ3) is 4.21. The van der Waals surface area contributed by atoms with Crippen LogP contribution in [0.2, 0.25) is 5.02 Å². The minimum atomic E-state index is -1.13. The van der Waals surface area contributed by atoms with Crippen LogP contribution in [0.15, 0.2) is 48.5 Å². The number of aliphatic hydroxyl groups is 1. The number of aryl methyl sites for hydroxylation is 1. The van der Waals surface area contributed by atoms with Crippen molar-refractivity contribution in [2.75, 3.05) is 18.5 Å². The number of fused-ring (bicyclic) bond motifs is 1. The van der Waals surface area contributed by atoms with Crippen LogP contribution in [0, 0.1) is 18.8 Å². The number of nitrogens with one attached hydrogen (secondary N) is 2. The van der Waals surface area contributed by atoms with Gasteiger partial charge in [0.05, 0.1) is 28.1 Å². The van der Waals surface area contributed by atoms with Crippen molar-refractivity contribution in [2.45, 2.75) is 56.9 Å². The maximum absolute atomic E-state index is 13.9. The topological polar surface area (TPSA) is 108 Å². The highest BCUT2D eigenvalue weighted by molar-refractivity contribution is 6.34. The second-order valence-electron chi connectivity index (χ2n) is 10.5. The first-order valence-corrected chi connectivity index (χ1v) is 13.1. The molecule has 3 N–H and O–H groups in total. The molecule has 3 heterocycles. The zero-order chi connectivity index (χ0) is 26.4. The van der Waals surface area contributed by atoms with Crippen molar-refractivity contribution in [3.63, 3.8) is 0 Å². The van der Waals surface area contributed by atoms with E-state index in [2.05, 4.69) is 10.6 Å². The normalized spacial score (nSPS) is 29.9. The number of aliphatic hydroxyl groups excluding tert-OH is 1. The van der Waals surface area contributed by atoms with Gasteiger partial charge in [0.1, 0.15) is 11.6 Å². The van der Waals surface area contributed by atoms with Crippen molar-refractivity contribution in [1.29, 1.82) is 0 Å². The van der Waals surface area contributed by atoms with Crippen molar-refractivity contribution in [2.24, 2.45) is 11.8 Å². The molecule has 0 aliphatic carbocycles. The van der Waals surface area contributed by atoms with Gasteiger partial charge in [0.2, 0.25) is 17.7 Å². The molecule has 8 nitrogen and oxygen atoms in total. The largest absolute Gasteiger partial charge is 0.396 e. The maximum atomic E-state index is 13.9. The Kier molecular flexibility index (Phi) is 6.77. The molecule has 5 rings (SSSR count). The zero-order valence-corrected chi connectivity index (χ0v) is 21.8. The van der Waals surface area contributed by atoms with Crippen LogP contribution in [-0.4, -0.2) is 58.1 Å². The van der Waals surface area contributed by atoms with Crippen molar-refractivity contribution in [1.82, 2.24) is 10.2 Å². The van der Waals surface area contributed by atoms with E-state index in [0.717, 1.165) is 11.1 Å². The van der Waals surface area contributed by atoms with Crippen LogP contribution in [0.1, 0.15) is 37.3 Å². The van der Waals surface area contributed by atoms with Gasteiger partial charge < -0.3 is 25.4 Å². The van der Waals surface area contributed by atoms with Crippen molar-refractivity contribution in [3.8, 4) is 0 Å². The summed E-state index contributed by atoms with van der Waals surface area (Å²) in [5.74, 6) is -2.46. The summed E-state index contributed by atoms with van der Waals surface area (Å²) in [6.07, 6.45) is 1.35. The van der Waals surface area contributed by atoms with E-state index >= 15 is 0 Å². The van der Waals surface area contributed by atoms with E-state index in [1.807, 2.05) is 50.2 Å². The predicted molar refractivity (Wildman–Crippen MR) is 139 cm³/mol. The van der Waals surface area contributed by atoms with Gasteiger partial charge in [0, 0.05) is 19.7 Å². The molecule has 5 atom stereocenters. The summed E-state index contributed by atoms with van der Waals surface area (Å²) in [5.41, 5.74) is 0.245. The number of hydrogen-bond donors (Lipinski definition) is 3. The molecule has 0 radical (unpaired) electrons. The number of halogens is 1. The Balaban J connectivity index is 1.46. The molecule has 3 amide bonds. The first-order chi connectivity index (χ1) is 17.7. The average molecular weight is 526 g/mol. The van der Waals surface area contributed by atoms with Gasteiger partial charge in [0.25, 0.3) is 0 Å². The lowest BCUT2D eigenvalue weighted by atomic mass is 9.66. The van der Waals surface area contributed by atoms with Gasteiger partial charge in [-0.25, -0.2) is 0 Å². The molecule has 196 valence electrons.